The number of rotatable bonds is 3. The zero-order chi connectivity index (χ0) is 15.6. The maximum atomic E-state index is 11.9. The fourth-order valence-electron chi connectivity index (χ4n) is 2.53. The van der Waals surface area contributed by atoms with Crippen LogP contribution in [0.2, 0.25) is 10.0 Å². The molecule has 5 nitrogen and oxygen atoms in total. The molecule has 0 spiro atoms. The molecule has 1 unspecified atom stereocenters. The summed E-state index contributed by atoms with van der Waals surface area (Å²) in [5, 5.41) is 9.81. The number of carbonyl (C=O) groups is 2. The quantitative estimate of drug-likeness (QED) is 0.862. The molecule has 0 saturated carbocycles. The topological polar surface area (TPSA) is 66.8 Å². The average molecular weight is 332 g/mol. The Kier molecular flexibility index (Phi) is 4.96. The van der Waals surface area contributed by atoms with E-state index < -0.39 is 17.9 Å². The van der Waals surface area contributed by atoms with Crippen LogP contribution in [0.1, 0.15) is 23.2 Å². The number of methoxy groups -OCH3 is 1. The SMILES string of the molecule is COC(=O)c1cc(Cl)cc(Cl)c1N1CCCC(C(=O)O)C1. The van der Waals surface area contributed by atoms with Crippen LogP contribution in [-0.4, -0.2) is 37.2 Å². The third kappa shape index (κ3) is 3.41. The van der Waals surface area contributed by atoms with Gasteiger partial charge in [0, 0.05) is 18.1 Å². The van der Waals surface area contributed by atoms with Crippen LogP contribution in [0.4, 0.5) is 5.69 Å². The first-order chi connectivity index (χ1) is 9.93. The third-order valence-corrected chi connectivity index (χ3v) is 4.03. The van der Waals surface area contributed by atoms with E-state index in [1.54, 1.807) is 0 Å². The van der Waals surface area contributed by atoms with Crippen molar-refractivity contribution in [1.82, 2.24) is 0 Å². The van der Waals surface area contributed by atoms with E-state index in [9.17, 15) is 9.59 Å². The first-order valence-electron chi connectivity index (χ1n) is 6.49. The molecule has 1 atom stereocenters. The van der Waals surface area contributed by atoms with Crippen molar-refractivity contribution in [2.45, 2.75) is 12.8 Å². The molecule has 0 aliphatic carbocycles. The van der Waals surface area contributed by atoms with Crippen molar-refractivity contribution in [3.05, 3.63) is 27.7 Å². The van der Waals surface area contributed by atoms with Gasteiger partial charge in [-0.05, 0) is 25.0 Å². The molecule has 7 heteroatoms. The zero-order valence-corrected chi connectivity index (χ0v) is 12.9. The highest BCUT2D eigenvalue weighted by atomic mass is 35.5. The fourth-order valence-corrected chi connectivity index (χ4v) is 3.15. The minimum atomic E-state index is -0.843. The smallest absolute Gasteiger partial charge is 0.340 e. The molecule has 1 aliphatic heterocycles. The molecule has 0 aromatic heterocycles. The third-order valence-electron chi connectivity index (χ3n) is 3.52. The Bertz CT molecular complexity index is 576. The Hall–Kier alpha value is -1.46. The van der Waals surface area contributed by atoms with Crippen molar-refractivity contribution in [3.63, 3.8) is 0 Å². The van der Waals surface area contributed by atoms with Crippen LogP contribution >= 0.6 is 23.2 Å². The fraction of sp³-hybridized carbons (Fsp3) is 0.429. The highest BCUT2D eigenvalue weighted by Gasteiger charge is 2.29. The number of carboxylic acid groups (broad SMARTS) is 1. The van der Waals surface area contributed by atoms with Gasteiger partial charge >= 0.3 is 11.9 Å². The predicted molar refractivity (Wildman–Crippen MR) is 80.4 cm³/mol. The molecular weight excluding hydrogens is 317 g/mol. The van der Waals surface area contributed by atoms with Gasteiger partial charge in [-0.15, -0.1) is 0 Å². The lowest BCUT2D eigenvalue weighted by atomic mass is 9.97. The molecule has 1 aromatic carbocycles. The van der Waals surface area contributed by atoms with Crippen LogP contribution in [0.15, 0.2) is 12.1 Å². The molecule has 1 saturated heterocycles. The summed E-state index contributed by atoms with van der Waals surface area (Å²) in [7, 11) is 1.27. The van der Waals surface area contributed by atoms with Gasteiger partial charge in [-0.3, -0.25) is 4.79 Å². The Labute approximate surface area is 132 Å². The highest BCUT2D eigenvalue weighted by Crippen LogP contribution is 2.36. The van der Waals surface area contributed by atoms with Gasteiger partial charge in [0.05, 0.1) is 29.3 Å². The van der Waals surface area contributed by atoms with Gasteiger partial charge < -0.3 is 14.7 Å². The molecule has 0 bridgehead atoms. The number of benzene rings is 1. The van der Waals surface area contributed by atoms with E-state index in [0.29, 0.717) is 35.2 Å². The molecule has 114 valence electrons. The number of esters is 1. The minimum Gasteiger partial charge on any atom is -0.481 e. The van der Waals surface area contributed by atoms with Crippen molar-refractivity contribution in [2.24, 2.45) is 5.92 Å². The molecule has 1 fully saturated rings. The normalized spacial score (nSPS) is 18.4. The predicted octanol–water partition coefficient (Wildman–Crippen LogP) is 3.08. The summed E-state index contributed by atoms with van der Waals surface area (Å²) < 4.78 is 4.75. The Morgan fingerprint density at radius 2 is 2.10 bits per heavy atom. The number of anilines is 1. The van der Waals surface area contributed by atoms with Crippen molar-refractivity contribution in [3.8, 4) is 0 Å². The molecule has 0 amide bonds. The van der Waals surface area contributed by atoms with Crippen LogP contribution in [-0.2, 0) is 9.53 Å². The highest BCUT2D eigenvalue weighted by molar-refractivity contribution is 6.37. The van der Waals surface area contributed by atoms with E-state index in [-0.39, 0.29) is 5.56 Å². The number of aliphatic carboxylic acids is 1. The molecule has 1 N–H and O–H groups in total. The maximum absolute atomic E-state index is 11.9. The molecule has 1 aromatic rings. The van der Waals surface area contributed by atoms with Crippen LogP contribution in [0.25, 0.3) is 0 Å². The van der Waals surface area contributed by atoms with E-state index >= 15 is 0 Å². The summed E-state index contributed by atoms with van der Waals surface area (Å²) in [5.74, 6) is -1.87. The number of carboxylic acids is 1. The van der Waals surface area contributed by atoms with Gasteiger partial charge in [0.15, 0.2) is 0 Å². The molecule has 21 heavy (non-hydrogen) atoms. The van der Waals surface area contributed by atoms with Crippen molar-refractivity contribution >= 4 is 40.8 Å². The van der Waals surface area contributed by atoms with Gasteiger partial charge in [0.25, 0.3) is 0 Å². The number of piperidine rings is 1. The van der Waals surface area contributed by atoms with Crippen molar-refractivity contribution < 1.29 is 19.4 Å². The molecule has 1 aliphatic rings. The molecular formula is C14H15Cl2NO4. The number of halogens is 2. The molecule has 0 radical (unpaired) electrons. The van der Waals surface area contributed by atoms with E-state index in [1.807, 2.05) is 4.90 Å². The average Bonchev–Trinajstić information content (AvgIpc) is 2.45. The summed E-state index contributed by atoms with van der Waals surface area (Å²) in [6.07, 6.45) is 1.33. The van der Waals surface area contributed by atoms with Crippen molar-refractivity contribution in [1.29, 1.82) is 0 Å². The lowest BCUT2D eigenvalue weighted by Gasteiger charge is -2.34. The van der Waals surface area contributed by atoms with Crippen LogP contribution in [0.5, 0.6) is 0 Å². The first kappa shape index (κ1) is 15.9. The second-order valence-electron chi connectivity index (χ2n) is 4.90. The van der Waals surface area contributed by atoms with E-state index in [0.717, 1.165) is 6.42 Å². The van der Waals surface area contributed by atoms with Crippen molar-refractivity contribution in [2.75, 3.05) is 25.1 Å². The number of ether oxygens (including phenoxy) is 1. The van der Waals surface area contributed by atoms with Crippen LogP contribution in [0, 0.1) is 5.92 Å². The van der Waals surface area contributed by atoms with Crippen LogP contribution in [0.3, 0.4) is 0 Å². The molecule has 1 heterocycles. The summed E-state index contributed by atoms with van der Waals surface area (Å²) >= 11 is 12.2. The lowest BCUT2D eigenvalue weighted by Crippen LogP contribution is -2.39. The summed E-state index contributed by atoms with van der Waals surface area (Å²) in [6.45, 7) is 0.940. The second kappa shape index (κ2) is 6.54. The standard InChI is InChI=1S/C14H15Cl2NO4/c1-21-14(20)10-5-9(15)6-11(16)12(10)17-4-2-3-8(7-17)13(18)19/h5-6,8H,2-4,7H2,1H3,(H,18,19). The zero-order valence-electron chi connectivity index (χ0n) is 11.4. The largest absolute Gasteiger partial charge is 0.481 e. The number of nitrogens with zero attached hydrogens (tertiary/aromatic N) is 1. The van der Waals surface area contributed by atoms with Gasteiger partial charge in [-0.25, -0.2) is 4.79 Å². The number of hydrogen-bond donors (Lipinski definition) is 1. The Morgan fingerprint density at radius 3 is 2.71 bits per heavy atom. The number of hydrogen-bond acceptors (Lipinski definition) is 4. The van der Waals surface area contributed by atoms with E-state index in [4.69, 9.17) is 33.0 Å². The van der Waals surface area contributed by atoms with Gasteiger partial charge in [-0.1, -0.05) is 23.2 Å². The molecule has 2 rings (SSSR count). The maximum Gasteiger partial charge on any atom is 0.340 e. The lowest BCUT2D eigenvalue weighted by molar-refractivity contribution is -0.141. The minimum absolute atomic E-state index is 0.251. The van der Waals surface area contributed by atoms with Gasteiger partial charge in [0.1, 0.15) is 0 Å². The van der Waals surface area contributed by atoms with Gasteiger partial charge in [0.2, 0.25) is 0 Å². The summed E-state index contributed by atoms with van der Waals surface area (Å²) in [5.41, 5.74) is 0.736. The van der Waals surface area contributed by atoms with Crippen LogP contribution < -0.4 is 4.90 Å². The van der Waals surface area contributed by atoms with E-state index in [2.05, 4.69) is 0 Å². The Morgan fingerprint density at radius 1 is 1.38 bits per heavy atom. The monoisotopic (exact) mass is 331 g/mol. The summed E-state index contributed by atoms with van der Waals surface area (Å²) in [4.78, 5) is 24.9. The first-order valence-corrected chi connectivity index (χ1v) is 7.24. The number of carbonyl (C=O) groups excluding carboxylic acids is 1. The summed E-state index contributed by atoms with van der Waals surface area (Å²) in [6, 6.07) is 3.02. The Balaban J connectivity index is 2.42. The van der Waals surface area contributed by atoms with E-state index in [1.165, 1.54) is 19.2 Å². The van der Waals surface area contributed by atoms with Gasteiger partial charge in [-0.2, -0.15) is 0 Å². The second-order valence-corrected chi connectivity index (χ2v) is 5.74.